The molecule has 1 unspecified atom stereocenters. The number of aliphatic hydroxyl groups is 1. The van der Waals surface area contributed by atoms with E-state index in [9.17, 15) is 5.11 Å². The monoisotopic (exact) mass is 160 g/mol. The van der Waals surface area contributed by atoms with E-state index >= 15 is 0 Å². The van der Waals surface area contributed by atoms with Gasteiger partial charge in [-0.3, -0.25) is 4.90 Å². The van der Waals surface area contributed by atoms with Crippen LogP contribution in [0.3, 0.4) is 0 Å². The molecule has 1 fully saturated rings. The molecule has 0 aromatic heterocycles. The Balaban J connectivity index is 2.27. The van der Waals surface area contributed by atoms with Crippen molar-refractivity contribution in [3.63, 3.8) is 0 Å². The van der Waals surface area contributed by atoms with Gasteiger partial charge >= 0.3 is 0 Å². The molecule has 0 aliphatic carbocycles. The van der Waals surface area contributed by atoms with Gasteiger partial charge in [0.05, 0.1) is 0 Å². The number of ether oxygens (including phenoxy) is 1. The van der Waals surface area contributed by atoms with E-state index in [-0.39, 0.29) is 0 Å². The number of hydrogen-bond acceptors (Lipinski definition) is 4. The number of piperazine rings is 1. The highest BCUT2D eigenvalue weighted by molar-refractivity contribution is 4.67. The third kappa shape index (κ3) is 2.41. The van der Waals surface area contributed by atoms with Crippen LogP contribution in [0.5, 0.6) is 0 Å². The topological polar surface area (TPSA) is 35.9 Å². The maximum absolute atomic E-state index is 9.25. The molecule has 66 valence electrons. The predicted molar refractivity (Wildman–Crippen MR) is 42.1 cm³/mol. The maximum Gasteiger partial charge on any atom is 0.215 e. The van der Waals surface area contributed by atoms with Gasteiger partial charge in [-0.2, -0.15) is 0 Å². The van der Waals surface area contributed by atoms with E-state index in [2.05, 4.69) is 11.9 Å². The normalized spacial score (nSPS) is 25.4. The van der Waals surface area contributed by atoms with Gasteiger partial charge in [-0.25, -0.2) is 0 Å². The zero-order valence-electron chi connectivity index (χ0n) is 7.16. The number of hydrogen-bond donors (Lipinski definition) is 1. The predicted octanol–water partition coefficient (Wildman–Crippen LogP) is -0.844. The molecule has 1 rings (SSSR count). The molecule has 1 aliphatic heterocycles. The fourth-order valence-corrected chi connectivity index (χ4v) is 1.19. The highest BCUT2D eigenvalue weighted by atomic mass is 16.6. The van der Waals surface area contributed by atoms with Crippen LogP contribution in [0.25, 0.3) is 0 Å². The molecule has 1 aliphatic rings. The van der Waals surface area contributed by atoms with Crippen molar-refractivity contribution < 1.29 is 9.84 Å². The highest BCUT2D eigenvalue weighted by Crippen LogP contribution is 2.02. The molecule has 1 atom stereocenters. The molecule has 0 radical (unpaired) electrons. The molecule has 1 saturated heterocycles. The molecule has 4 heteroatoms. The van der Waals surface area contributed by atoms with Crippen LogP contribution in [-0.4, -0.2) is 61.7 Å². The van der Waals surface area contributed by atoms with Gasteiger partial charge in [0.15, 0.2) is 0 Å². The van der Waals surface area contributed by atoms with Gasteiger partial charge < -0.3 is 14.7 Å². The third-order valence-corrected chi connectivity index (χ3v) is 2.06. The summed E-state index contributed by atoms with van der Waals surface area (Å²) in [6.45, 7) is 3.76. The standard InChI is InChI=1S/C7H16N2O2/c1-8-3-5-9(6-4-8)7(10)11-2/h7,10H,3-6H2,1-2H3. The Morgan fingerprint density at radius 2 is 1.82 bits per heavy atom. The zero-order valence-corrected chi connectivity index (χ0v) is 7.16. The summed E-state index contributed by atoms with van der Waals surface area (Å²) in [6.07, 6.45) is -0.719. The van der Waals surface area contributed by atoms with Gasteiger partial charge in [0.2, 0.25) is 6.41 Å². The molecule has 1 heterocycles. The summed E-state index contributed by atoms with van der Waals surface area (Å²) < 4.78 is 4.79. The lowest BCUT2D eigenvalue weighted by Gasteiger charge is -2.34. The Morgan fingerprint density at radius 1 is 1.27 bits per heavy atom. The molecule has 0 spiro atoms. The van der Waals surface area contributed by atoms with Crippen LogP contribution in [0.15, 0.2) is 0 Å². The SMILES string of the molecule is COC(O)N1CCN(C)CC1. The lowest BCUT2D eigenvalue weighted by atomic mass is 10.3. The minimum Gasteiger partial charge on any atom is -0.356 e. The second-order valence-corrected chi connectivity index (χ2v) is 2.90. The van der Waals surface area contributed by atoms with Crippen molar-refractivity contribution >= 4 is 0 Å². The van der Waals surface area contributed by atoms with E-state index in [1.54, 1.807) is 0 Å². The first-order valence-electron chi connectivity index (χ1n) is 3.87. The summed E-state index contributed by atoms with van der Waals surface area (Å²) in [7, 11) is 3.60. The zero-order chi connectivity index (χ0) is 8.27. The van der Waals surface area contributed by atoms with Gasteiger partial charge in [0.25, 0.3) is 0 Å². The number of aliphatic hydroxyl groups excluding tert-OH is 1. The van der Waals surface area contributed by atoms with Crippen LogP contribution in [0.2, 0.25) is 0 Å². The summed E-state index contributed by atoms with van der Waals surface area (Å²) in [5.41, 5.74) is 0. The van der Waals surface area contributed by atoms with Crippen LogP contribution >= 0.6 is 0 Å². The molecule has 0 aromatic rings. The summed E-state index contributed by atoms with van der Waals surface area (Å²) in [5, 5.41) is 9.25. The van der Waals surface area contributed by atoms with E-state index in [0.29, 0.717) is 0 Å². The van der Waals surface area contributed by atoms with Crippen molar-refractivity contribution in [2.75, 3.05) is 40.3 Å². The number of rotatable bonds is 2. The second-order valence-electron chi connectivity index (χ2n) is 2.90. The van der Waals surface area contributed by atoms with Crippen molar-refractivity contribution in [3.8, 4) is 0 Å². The molecule has 0 saturated carbocycles. The average molecular weight is 160 g/mol. The molecule has 11 heavy (non-hydrogen) atoms. The van der Waals surface area contributed by atoms with Crippen molar-refractivity contribution in [2.24, 2.45) is 0 Å². The van der Waals surface area contributed by atoms with Crippen molar-refractivity contribution in [1.29, 1.82) is 0 Å². The quantitative estimate of drug-likeness (QED) is 0.534. The third-order valence-electron chi connectivity index (χ3n) is 2.06. The Morgan fingerprint density at radius 3 is 2.27 bits per heavy atom. The smallest absolute Gasteiger partial charge is 0.215 e. The van der Waals surface area contributed by atoms with Crippen LogP contribution in [-0.2, 0) is 4.74 Å². The lowest BCUT2D eigenvalue weighted by molar-refractivity contribution is -0.184. The first kappa shape index (κ1) is 8.93. The Labute approximate surface area is 67.4 Å². The number of nitrogens with zero attached hydrogens (tertiary/aromatic N) is 2. The average Bonchev–Trinajstić information content (AvgIpc) is 2.05. The molecule has 1 N–H and O–H groups in total. The van der Waals surface area contributed by atoms with Crippen LogP contribution < -0.4 is 0 Å². The van der Waals surface area contributed by atoms with E-state index in [4.69, 9.17) is 4.74 Å². The first-order chi connectivity index (χ1) is 5.24. The molecular formula is C7H16N2O2. The van der Waals surface area contributed by atoms with Crippen LogP contribution in [0.4, 0.5) is 0 Å². The van der Waals surface area contributed by atoms with Crippen LogP contribution in [0.1, 0.15) is 0 Å². The molecule has 0 bridgehead atoms. The van der Waals surface area contributed by atoms with Gasteiger partial charge in [-0.05, 0) is 7.05 Å². The molecular weight excluding hydrogens is 144 g/mol. The Hall–Kier alpha value is -0.160. The fourth-order valence-electron chi connectivity index (χ4n) is 1.19. The highest BCUT2D eigenvalue weighted by Gasteiger charge is 2.19. The van der Waals surface area contributed by atoms with Crippen molar-refractivity contribution in [3.05, 3.63) is 0 Å². The van der Waals surface area contributed by atoms with Gasteiger partial charge in [-0.1, -0.05) is 0 Å². The molecule has 0 amide bonds. The number of methoxy groups -OCH3 is 1. The number of likely N-dealkylation sites (N-methyl/N-ethyl adjacent to an activating group) is 1. The maximum atomic E-state index is 9.25. The van der Waals surface area contributed by atoms with Gasteiger partial charge in [-0.15, -0.1) is 0 Å². The van der Waals surface area contributed by atoms with E-state index in [0.717, 1.165) is 26.2 Å². The molecule has 4 nitrogen and oxygen atoms in total. The van der Waals surface area contributed by atoms with Crippen LogP contribution in [0, 0.1) is 0 Å². The lowest BCUT2D eigenvalue weighted by Crippen LogP contribution is -2.49. The largest absolute Gasteiger partial charge is 0.356 e. The Bertz CT molecular complexity index is 113. The van der Waals surface area contributed by atoms with Crippen molar-refractivity contribution in [1.82, 2.24) is 9.80 Å². The summed E-state index contributed by atoms with van der Waals surface area (Å²) >= 11 is 0. The van der Waals surface area contributed by atoms with E-state index in [1.807, 2.05) is 4.90 Å². The summed E-state index contributed by atoms with van der Waals surface area (Å²) in [6, 6.07) is 0. The molecule has 0 aromatic carbocycles. The second kappa shape index (κ2) is 4.01. The first-order valence-corrected chi connectivity index (χ1v) is 3.87. The van der Waals surface area contributed by atoms with Crippen molar-refractivity contribution in [2.45, 2.75) is 6.41 Å². The van der Waals surface area contributed by atoms with E-state index in [1.165, 1.54) is 7.11 Å². The Kier molecular flexibility index (Phi) is 3.26. The minimum atomic E-state index is -0.719. The minimum absolute atomic E-state index is 0.719. The van der Waals surface area contributed by atoms with E-state index < -0.39 is 6.41 Å². The van der Waals surface area contributed by atoms with Gasteiger partial charge in [0, 0.05) is 33.3 Å². The summed E-state index contributed by atoms with van der Waals surface area (Å²) in [5.74, 6) is 0. The fraction of sp³-hybridized carbons (Fsp3) is 1.00. The van der Waals surface area contributed by atoms with Gasteiger partial charge in [0.1, 0.15) is 0 Å². The summed E-state index contributed by atoms with van der Waals surface area (Å²) in [4.78, 5) is 4.15.